The summed E-state index contributed by atoms with van der Waals surface area (Å²) in [6.45, 7) is 1.19. The van der Waals surface area contributed by atoms with Gasteiger partial charge >= 0.3 is 0 Å². The van der Waals surface area contributed by atoms with Crippen LogP contribution < -0.4 is 5.32 Å². The summed E-state index contributed by atoms with van der Waals surface area (Å²) in [5, 5.41) is 4.35. The van der Waals surface area contributed by atoms with E-state index in [-0.39, 0.29) is 0 Å². The topological polar surface area (TPSA) is 12.0 Å². The lowest BCUT2D eigenvalue weighted by molar-refractivity contribution is 0.640. The van der Waals surface area contributed by atoms with Gasteiger partial charge in [-0.2, -0.15) is 0 Å². The van der Waals surface area contributed by atoms with E-state index >= 15 is 0 Å². The Balaban J connectivity index is 1.51. The quantitative estimate of drug-likeness (QED) is 0.585. The molecule has 0 amide bonds. The summed E-state index contributed by atoms with van der Waals surface area (Å²) in [6, 6.07) is 8.95. The van der Waals surface area contributed by atoms with Gasteiger partial charge in [-0.05, 0) is 62.2 Å². The number of halogens is 1. The summed E-state index contributed by atoms with van der Waals surface area (Å²) in [7, 11) is 0. The van der Waals surface area contributed by atoms with E-state index in [1.807, 2.05) is 23.9 Å². The first-order chi connectivity index (χ1) is 7.84. The Labute approximate surface area is 107 Å². The molecule has 0 radical (unpaired) electrons. The molecular formula is C13H18ClNS. The lowest BCUT2D eigenvalue weighted by Gasteiger charge is -2.03. The van der Waals surface area contributed by atoms with Crippen LogP contribution in [0.5, 0.6) is 0 Å². The molecule has 0 spiro atoms. The highest BCUT2D eigenvalue weighted by Crippen LogP contribution is 2.21. The van der Waals surface area contributed by atoms with Crippen LogP contribution in [-0.2, 0) is 0 Å². The van der Waals surface area contributed by atoms with Crippen LogP contribution in [0.3, 0.4) is 0 Å². The standard InChI is InChI=1S/C13H18ClNS/c14-11-3-7-13(8-4-11)16-10-2-1-9-15-12-5-6-12/h3-4,7-8,12,15H,1-2,5-6,9-10H2. The zero-order valence-electron chi connectivity index (χ0n) is 9.42. The number of hydrogen-bond acceptors (Lipinski definition) is 2. The lowest BCUT2D eigenvalue weighted by Crippen LogP contribution is -2.17. The number of benzene rings is 1. The smallest absolute Gasteiger partial charge is 0.0406 e. The number of nitrogens with one attached hydrogen (secondary N) is 1. The molecule has 1 aromatic carbocycles. The first-order valence-corrected chi connectivity index (χ1v) is 7.33. The Morgan fingerprint density at radius 3 is 2.62 bits per heavy atom. The highest BCUT2D eigenvalue weighted by Gasteiger charge is 2.19. The summed E-state index contributed by atoms with van der Waals surface area (Å²) < 4.78 is 0. The molecule has 1 aromatic rings. The van der Waals surface area contributed by atoms with E-state index in [4.69, 9.17) is 11.6 Å². The molecule has 16 heavy (non-hydrogen) atoms. The highest BCUT2D eigenvalue weighted by atomic mass is 35.5. The molecule has 0 aromatic heterocycles. The molecule has 1 fully saturated rings. The van der Waals surface area contributed by atoms with Crippen LogP contribution in [0.2, 0.25) is 5.02 Å². The summed E-state index contributed by atoms with van der Waals surface area (Å²) in [5.41, 5.74) is 0. The van der Waals surface area contributed by atoms with Gasteiger partial charge in [0.2, 0.25) is 0 Å². The Bertz CT molecular complexity index is 308. The van der Waals surface area contributed by atoms with Crippen LogP contribution in [0.15, 0.2) is 29.2 Å². The predicted molar refractivity (Wildman–Crippen MR) is 72.4 cm³/mol. The molecule has 0 bridgehead atoms. The minimum Gasteiger partial charge on any atom is -0.314 e. The van der Waals surface area contributed by atoms with E-state index < -0.39 is 0 Å². The van der Waals surface area contributed by atoms with Crippen LogP contribution in [0, 0.1) is 0 Å². The third-order valence-corrected chi connectivity index (χ3v) is 4.01. The van der Waals surface area contributed by atoms with Crippen LogP contribution in [0.25, 0.3) is 0 Å². The van der Waals surface area contributed by atoms with Crippen LogP contribution >= 0.6 is 23.4 Å². The molecule has 88 valence electrons. The monoisotopic (exact) mass is 255 g/mol. The molecule has 1 aliphatic rings. The van der Waals surface area contributed by atoms with Crippen molar-refractivity contribution in [2.24, 2.45) is 0 Å². The molecule has 0 aliphatic heterocycles. The molecule has 0 atom stereocenters. The number of hydrogen-bond donors (Lipinski definition) is 1. The van der Waals surface area contributed by atoms with Crippen molar-refractivity contribution in [3.63, 3.8) is 0 Å². The van der Waals surface area contributed by atoms with Gasteiger partial charge in [0, 0.05) is 16.0 Å². The second-order valence-electron chi connectivity index (χ2n) is 4.24. The van der Waals surface area contributed by atoms with Crippen molar-refractivity contribution in [1.29, 1.82) is 0 Å². The Morgan fingerprint density at radius 2 is 1.94 bits per heavy atom. The second-order valence-corrected chi connectivity index (χ2v) is 5.84. The summed E-state index contributed by atoms with van der Waals surface area (Å²) >= 11 is 7.75. The minimum atomic E-state index is 0.818. The molecule has 1 aliphatic carbocycles. The minimum absolute atomic E-state index is 0.818. The van der Waals surface area contributed by atoms with Crippen molar-refractivity contribution in [3.05, 3.63) is 29.3 Å². The van der Waals surface area contributed by atoms with Gasteiger partial charge < -0.3 is 5.32 Å². The summed E-state index contributed by atoms with van der Waals surface area (Å²) in [5.74, 6) is 1.20. The van der Waals surface area contributed by atoms with Gasteiger partial charge in [-0.15, -0.1) is 11.8 Å². The molecule has 0 heterocycles. The van der Waals surface area contributed by atoms with Crippen molar-refractivity contribution < 1.29 is 0 Å². The summed E-state index contributed by atoms with van der Waals surface area (Å²) in [4.78, 5) is 1.32. The van der Waals surface area contributed by atoms with Gasteiger partial charge in [0.15, 0.2) is 0 Å². The largest absolute Gasteiger partial charge is 0.314 e. The van der Waals surface area contributed by atoms with E-state index in [0.29, 0.717) is 0 Å². The third kappa shape index (κ3) is 4.77. The Hall–Kier alpha value is -0.180. The van der Waals surface area contributed by atoms with Crippen molar-refractivity contribution >= 4 is 23.4 Å². The third-order valence-electron chi connectivity index (χ3n) is 2.66. The zero-order valence-corrected chi connectivity index (χ0v) is 11.0. The van der Waals surface area contributed by atoms with E-state index in [0.717, 1.165) is 11.1 Å². The van der Waals surface area contributed by atoms with E-state index in [9.17, 15) is 0 Å². The predicted octanol–water partition coefficient (Wildman–Crippen LogP) is 3.96. The normalized spacial score (nSPS) is 15.3. The van der Waals surface area contributed by atoms with Gasteiger partial charge in [0.1, 0.15) is 0 Å². The van der Waals surface area contributed by atoms with E-state index in [1.165, 1.54) is 42.9 Å². The van der Waals surface area contributed by atoms with Crippen LogP contribution in [-0.4, -0.2) is 18.3 Å². The summed E-state index contributed by atoms with van der Waals surface area (Å²) in [6.07, 6.45) is 5.35. The van der Waals surface area contributed by atoms with Gasteiger partial charge in [0.05, 0.1) is 0 Å². The second kappa shape index (κ2) is 6.53. The zero-order chi connectivity index (χ0) is 11.2. The Kier molecular flexibility index (Phi) is 5.01. The first-order valence-electron chi connectivity index (χ1n) is 5.96. The lowest BCUT2D eigenvalue weighted by atomic mass is 10.3. The molecule has 3 heteroatoms. The fourth-order valence-electron chi connectivity index (χ4n) is 1.54. The molecule has 0 unspecified atom stereocenters. The van der Waals surface area contributed by atoms with Crippen molar-refractivity contribution in [2.75, 3.05) is 12.3 Å². The molecule has 1 nitrogen and oxygen atoms in total. The van der Waals surface area contributed by atoms with E-state index in [1.54, 1.807) is 0 Å². The molecule has 1 N–H and O–H groups in total. The maximum Gasteiger partial charge on any atom is 0.0406 e. The SMILES string of the molecule is Clc1ccc(SCCCCNC2CC2)cc1. The fourth-order valence-corrected chi connectivity index (χ4v) is 2.58. The van der Waals surface area contributed by atoms with Gasteiger partial charge in [-0.25, -0.2) is 0 Å². The van der Waals surface area contributed by atoms with Crippen molar-refractivity contribution in [3.8, 4) is 0 Å². The highest BCUT2D eigenvalue weighted by molar-refractivity contribution is 7.99. The number of rotatable bonds is 7. The van der Waals surface area contributed by atoms with Crippen molar-refractivity contribution in [2.45, 2.75) is 36.6 Å². The molecule has 0 saturated heterocycles. The first kappa shape index (κ1) is 12.3. The van der Waals surface area contributed by atoms with Crippen LogP contribution in [0.1, 0.15) is 25.7 Å². The van der Waals surface area contributed by atoms with Crippen molar-refractivity contribution in [1.82, 2.24) is 5.32 Å². The average Bonchev–Trinajstić information content (AvgIpc) is 3.10. The fraction of sp³-hybridized carbons (Fsp3) is 0.538. The van der Waals surface area contributed by atoms with Gasteiger partial charge in [-0.1, -0.05) is 11.6 Å². The number of unbranched alkanes of at least 4 members (excludes halogenated alkanes) is 1. The molecular weight excluding hydrogens is 238 g/mol. The van der Waals surface area contributed by atoms with Crippen LogP contribution in [0.4, 0.5) is 0 Å². The van der Waals surface area contributed by atoms with Gasteiger partial charge in [-0.3, -0.25) is 0 Å². The number of thioether (sulfide) groups is 1. The van der Waals surface area contributed by atoms with Gasteiger partial charge in [0.25, 0.3) is 0 Å². The molecule has 1 saturated carbocycles. The maximum absolute atomic E-state index is 5.83. The Morgan fingerprint density at radius 1 is 1.19 bits per heavy atom. The molecule has 2 rings (SSSR count). The van der Waals surface area contributed by atoms with E-state index in [2.05, 4.69) is 17.4 Å². The average molecular weight is 256 g/mol. The maximum atomic E-state index is 5.83.